The minimum Gasteiger partial charge on any atom is -0.342 e. The second-order valence-corrected chi connectivity index (χ2v) is 6.83. The maximum absolute atomic E-state index is 12.8. The number of nitrogens with one attached hydrogen (secondary N) is 1. The first-order valence-corrected chi connectivity index (χ1v) is 8.47. The predicted molar refractivity (Wildman–Crippen MR) is 88.1 cm³/mol. The van der Waals surface area contributed by atoms with Gasteiger partial charge in [-0.2, -0.15) is 16.9 Å². The van der Waals surface area contributed by atoms with Crippen molar-refractivity contribution < 1.29 is 4.79 Å². The predicted octanol–water partition coefficient (Wildman–Crippen LogP) is 1.11. The van der Waals surface area contributed by atoms with Gasteiger partial charge in [-0.05, 0) is 17.7 Å². The molecule has 2 saturated heterocycles. The van der Waals surface area contributed by atoms with Crippen LogP contribution < -0.4 is 5.32 Å². The van der Waals surface area contributed by atoms with E-state index in [-0.39, 0.29) is 24.2 Å². The minimum absolute atomic E-state index is 0. The highest BCUT2D eigenvalue weighted by molar-refractivity contribution is 7.99. The smallest absolute Gasteiger partial charge is 0.227 e. The van der Waals surface area contributed by atoms with Crippen molar-refractivity contribution in [2.75, 3.05) is 37.7 Å². The van der Waals surface area contributed by atoms with E-state index in [0.717, 1.165) is 38.4 Å². The van der Waals surface area contributed by atoms with E-state index in [9.17, 15) is 4.79 Å². The van der Waals surface area contributed by atoms with Gasteiger partial charge in [0.1, 0.15) is 0 Å². The maximum Gasteiger partial charge on any atom is 0.227 e. The largest absolute Gasteiger partial charge is 0.342 e. The molecule has 1 amide bonds. The number of amides is 1. The third kappa shape index (κ3) is 3.73. The highest BCUT2D eigenvalue weighted by Gasteiger charge is 2.37. The third-order valence-electron chi connectivity index (χ3n) is 4.22. The van der Waals surface area contributed by atoms with Gasteiger partial charge in [0.15, 0.2) is 0 Å². The van der Waals surface area contributed by atoms with Crippen LogP contribution in [-0.2, 0) is 11.8 Å². The van der Waals surface area contributed by atoms with Crippen LogP contribution in [0.25, 0.3) is 0 Å². The van der Waals surface area contributed by atoms with Crippen LogP contribution in [0.4, 0.5) is 0 Å². The first-order valence-electron chi connectivity index (χ1n) is 7.31. The van der Waals surface area contributed by atoms with Crippen LogP contribution in [0.2, 0.25) is 0 Å². The Kier molecular flexibility index (Phi) is 5.96. The first-order chi connectivity index (χ1) is 9.75. The van der Waals surface area contributed by atoms with Gasteiger partial charge in [-0.25, -0.2) is 0 Å². The molecule has 0 bridgehead atoms. The highest BCUT2D eigenvalue weighted by Crippen LogP contribution is 2.29. The topological polar surface area (TPSA) is 50.2 Å². The van der Waals surface area contributed by atoms with E-state index in [2.05, 4.69) is 15.3 Å². The number of carbonyl (C=O) groups excluding carboxylic acids is 1. The number of thioether (sulfide) groups is 1. The molecule has 118 valence electrons. The summed E-state index contributed by atoms with van der Waals surface area (Å²) < 4.78 is 1.82. The van der Waals surface area contributed by atoms with E-state index in [1.165, 1.54) is 11.3 Å². The molecule has 2 aliphatic rings. The summed E-state index contributed by atoms with van der Waals surface area (Å²) in [5, 5.41) is 7.62. The van der Waals surface area contributed by atoms with Gasteiger partial charge in [0, 0.05) is 51.1 Å². The molecule has 0 spiro atoms. The Hall–Kier alpha value is -0.720. The number of nitrogens with zero attached hydrogens (tertiary/aromatic N) is 3. The molecule has 1 aromatic heterocycles. The number of rotatable bonds is 2. The molecular weight excluding hydrogens is 308 g/mol. The summed E-state index contributed by atoms with van der Waals surface area (Å²) in [7, 11) is 1.93. The van der Waals surface area contributed by atoms with Crippen molar-refractivity contribution in [1.82, 2.24) is 20.0 Å². The van der Waals surface area contributed by atoms with Crippen LogP contribution in [0.1, 0.15) is 17.9 Å². The van der Waals surface area contributed by atoms with E-state index in [1.54, 1.807) is 0 Å². The molecule has 7 heteroatoms. The van der Waals surface area contributed by atoms with Gasteiger partial charge in [-0.1, -0.05) is 0 Å². The quantitative estimate of drug-likeness (QED) is 0.882. The average molecular weight is 331 g/mol. The monoisotopic (exact) mass is 330 g/mol. The summed E-state index contributed by atoms with van der Waals surface area (Å²) in [6.45, 7) is 3.49. The molecule has 1 aromatic rings. The fourth-order valence-corrected chi connectivity index (χ4v) is 4.01. The zero-order valence-electron chi connectivity index (χ0n) is 12.3. The molecule has 2 fully saturated rings. The summed E-state index contributed by atoms with van der Waals surface area (Å²) in [6.07, 6.45) is 5.06. The molecule has 0 radical (unpaired) electrons. The van der Waals surface area contributed by atoms with Gasteiger partial charge in [0.25, 0.3) is 0 Å². The molecule has 0 aliphatic carbocycles. The van der Waals surface area contributed by atoms with Crippen LogP contribution in [-0.4, -0.2) is 58.3 Å². The van der Waals surface area contributed by atoms with Crippen LogP contribution in [0.15, 0.2) is 12.4 Å². The summed E-state index contributed by atoms with van der Waals surface area (Å²) >= 11 is 1.96. The molecule has 1 N–H and O–H groups in total. The van der Waals surface area contributed by atoms with Crippen molar-refractivity contribution in [3.63, 3.8) is 0 Å². The summed E-state index contributed by atoms with van der Waals surface area (Å²) in [5.74, 6) is 2.92. The molecule has 2 aliphatic heterocycles. The summed E-state index contributed by atoms with van der Waals surface area (Å²) in [4.78, 5) is 14.9. The normalized spacial score (nSPS) is 26.2. The molecule has 21 heavy (non-hydrogen) atoms. The highest BCUT2D eigenvalue weighted by atomic mass is 35.5. The average Bonchev–Trinajstić information content (AvgIpc) is 2.99. The van der Waals surface area contributed by atoms with E-state index >= 15 is 0 Å². The Labute approximate surface area is 136 Å². The van der Waals surface area contributed by atoms with Gasteiger partial charge in [-0.15, -0.1) is 12.4 Å². The van der Waals surface area contributed by atoms with E-state index in [1.807, 2.05) is 35.9 Å². The Bertz CT molecular complexity index is 473. The van der Waals surface area contributed by atoms with Crippen LogP contribution >= 0.6 is 24.2 Å². The fourth-order valence-electron chi connectivity index (χ4n) is 3.12. The van der Waals surface area contributed by atoms with Crippen molar-refractivity contribution in [2.24, 2.45) is 13.0 Å². The van der Waals surface area contributed by atoms with Gasteiger partial charge in [0.2, 0.25) is 5.91 Å². The summed E-state index contributed by atoms with van der Waals surface area (Å²) in [5.41, 5.74) is 1.18. The lowest BCUT2D eigenvalue weighted by Gasteiger charge is -2.26. The van der Waals surface area contributed by atoms with Crippen LogP contribution in [0.5, 0.6) is 0 Å². The minimum atomic E-state index is 0. The van der Waals surface area contributed by atoms with Crippen molar-refractivity contribution in [3.05, 3.63) is 18.0 Å². The van der Waals surface area contributed by atoms with Crippen molar-refractivity contribution in [1.29, 1.82) is 0 Å². The number of hydrogen-bond acceptors (Lipinski definition) is 4. The van der Waals surface area contributed by atoms with Gasteiger partial charge >= 0.3 is 0 Å². The number of aromatic nitrogens is 2. The number of aryl methyl sites for hydroxylation is 1. The lowest BCUT2D eigenvalue weighted by molar-refractivity contribution is -0.135. The van der Waals surface area contributed by atoms with E-state index < -0.39 is 0 Å². The molecule has 0 saturated carbocycles. The Balaban J connectivity index is 0.00000161. The molecule has 2 atom stereocenters. The molecular formula is C14H23ClN4OS. The van der Waals surface area contributed by atoms with Gasteiger partial charge in [0.05, 0.1) is 12.1 Å². The summed E-state index contributed by atoms with van der Waals surface area (Å²) in [6, 6.07) is 0. The second kappa shape index (κ2) is 7.51. The Morgan fingerprint density at radius 2 is 2.24 bits per heavy atom. The van der Waals surface area contributed by atoms with Gasteiger partial charge in [-0.3, -0.25) is 9.48 Å². The third-order valence-corrected chi connectivity index (χ3v) is 5.27. The standard InChI is InChI=1S/C14H22N4OS.ClH/c1-17-10-11(7-16-17)12-8-15-9-13(12)14(19)18-3-2-5-20-6-4-18;/h7,10,12-13,15H,2-6,8-9H2,1H3;1H/t12-,13+;/m1./s1. The molecule has 3 heterocycles. The fraction of sp³-hybridized carbons (Fsp3) is 0.714. The first kappa shape index (κ1) is 16.6. The van der Waals surface area contributed by atoms with E-state index in [4.69, 9.17) is 0 Å². The van der Waals surface area contributed by atoms with Crippen LogP contribution in [0, 0.1) is 5.92 Å². The van der Waals surface area contributed by atoms with Crippen LogP contribution in [0.3, 0.4) is 0 Å². The zero-order chi connectivity index (χ0) is 13.9. The molecule has 0 aromatic carbocycles. The molecule has 5 nitrogen and oxygen atoms in total. The SMILES string of the molecule is Cl.Cn1cc([C@H]2CNC[C@@H]2C(=O)N2CCCSCC2)cn1. The molecule has 3 rings (SSSR count). The number of hydrogen-bond donors (Lipinski definition) is 1. The lowest BCUT2D eigenvalue weighted by Crippen LogP contribution is -2.40. The Morgan fingerprint density at radius 1 is 1.38 bits per heavy atom. The molecule has 0 unspecified atom stereocenters. The Morgan fingerprint density at radius 3 is 3.00 bits per heavy atom. The number of halogens is 1. The zero-order valence-corrected chi connectivity index (χ0v) is 14.0. The van der Waals surface area contributed by atoms with Crippen molar-refractivity contribution in [3.8, 4) is 0 Å². The maximum atomic E-state index is 12.8. The van der Waals surface area contributed by atoms with Gasteiger partial charge < -0.3 is 10.2 Å². The number of carbonyl (C=O) groups is 1. The van der Waals surface area contributed by atoms with Crippen molar-refractivity contribution >= 4 is 30.1 Å². The van der Waals surface area contributed by atoms with E-state index in [0.29, 0.717) is 5.91 Å². The second-order valence-electron chi connectivity index (χ2n) is 5.61. The lowest BCUT2D eigenvalue weighted by atomic mass is 9.89. The van der Waals surface area contributed by atoms with Crippen molar-refractivity contribution in [2.45, 2.75) is 12.3 Å².